The number of hydrogen-bond acceptors (Lipinski definition) is 9. The average Bonchev–Trinajstić information content (AvgIpc) is 2.99. The van der Waals surface area contributed by atoms with Crippen LogP contribution in [0.15, 0.2) is 24.3 Å². The Kier molecular flexibility index (Phi) is 24.2. The topological polar surface area (TPSA) is 143 Å². The smallest absolute Gasteiger partial charge is 0.305 e. The highest BCUT2D eigenvalue weighted by atomic mass is 16.6. The summed E-state index contributed by atoms with van der Waals surface area (Å²) in [4.78, 5) is 23.9. The molecule has 0 spiro atoms. The number of esters is 2. The molecule has 0 saturated carbocycles. The molecular weight excluding hydrogens is 564 g/mol. The molecule has 4 N–H and O–H groups in total. The molecule has 1 rings (SSSR count). The van der Waals surface area contributed by atoms with Gasteiger partial charge in [0.25, 0.3) is 0 Å². The maximum Gasteiger partial charge on any atom is 0.305 e. The molecule has 1 heterocycles. The summed E-state index contributed by atoms with van der Waals surface area (Å²) in [5, 5.41) is 40.6. The monoisotopic (exact) mass is 626 g/mol. The van der Waals surface area contributed by atoms with E-state index >= 15 is 0 Å². The van der Waals surface area contributed by atoms with E-state index in [4.69, 9.17) is 14.2 Å². The fraction of sp³-hybridized carbons (Fsp3) is 0.829. The molecular formula is C35H62O9. The molecule has 0 amide bonds. The molecule has 0 aromatic rings. The Labute approximate surface area is 266 Å². The van der Waals surface area contributed by atoms with E-state index in [0.717, 1.165) is 38.5 Å². The first-order valence-corrected chi connectivity index (χ1v) is 17.3. The predicted molar refractivity (Wildman–Crippen MR) is 172 cm³/mol. The molecule has 1 saturated heterocycles. The van der Waals surface area contributed by atoms with Crippen LogP contribution < -0.4 is 0 Å². The number of ether oxygens (including phenoxy) is 3. The van der Waals surface area contributed by atoms with Crippen LogP contribution in [0.3, 0.4) is 0 Å². The van der Waals surface area contributed by atoms with Gasteiger partial charge in [-0.15, -0.1) is 0 Å². The van der Waals surface area contributed by atoms with Gasteiger partial charge in [-0.3, -0.25) is 9.59 Å². The number of carbonyl (C=O) groups excluding carboxylic acids is 2. The highest BCUT2D eigenvalue weighted by molar-refractivity contribution is 5.69. The minimum Gasteiger partial charge on any atom is -0.463 e. The first-order valence-electron chi connectivity index (χ1n) is 17.3. The summed E-state index contributed by atoms with van der Waals surface area (Å²) in [6, 6.07) is 0. The lowest BCUT2D eigenvalue weighted by Crippen LogP contribution is -2.43. The highest BCUT2D eigenvalue weighted by Gasteiger charge is 2.35. The Morgan fingerprint density at radius 3 is 2.00 bits per heavy atom. The normalized spacial score (nSPS) is 22.0. The second-order valence-electron chi connectivity index (χ2n) is 12.2. The molecule has 1 fully saturated rings. The van der Waals surface area contributed by atoms with Gasteiger partial charge >= 0.3 is 11.9 Å². The van der Waals surface area contributed by atoms with E-state index in [1.165, 1.54) is 38.5 Å². The van der Waals surface area contributed by atoms with E-state index in [-0.39, 0.29) is 37.9 Å². The van der Waals surface area contributed by atoms with Crippen molar-refractivity contribution in [2.75, 3.05) is 13.2 Å². The molecule has 44 heavy (non-hydrogen) atoms. The number of carbonyl (C=O) groups is 2. The van der Waals surface area contributed by atoms with Crippen LogP contribution in [0.5, 0.6) is 0 Å². The van der Waals surface area contributed by atoms with Crippen molar-refractivity contribution in [1.82, 2.24) is 0 Å². The minimum absolute atomic E-state index is 0.137. The SMILES string of the molecule is CCCCCCCCCCCC(=O)OC[C@H](O)COC(=O)CCC/C=C\C[C@H]1[C@@H](O)CC(O)O[C@@H]1/C=C/[C@@H](O)CCCCC. The van der Waals surface area contributed by atoms with Crippen LogP contribution >= 0.6 is 0 Å². The summed E-state index contributed by atoms with van der Waals surface area (Å²) >= 11 is 0. The van der Waals surface area contributed by atoms with Gasteiger partial charge in [0.2, 0.25) is 0 Å². The second kappa shape index (κ2) is 26.4. The standard InChI is InChI=1S/C35H62O9/c1-3-5-7-8-9-10-11-12-17-21-33(39)42-26-29(37)27-43-34(40)22-18-14-13-16-20-30-31(38)25-35(41)44-32(30)24-23-28(36)19-15-6-4-2/h13,16,23-24,28-32,35-38,41H,3-12,14-15,17-22,25-27H2,1-2H3/b16-13-,24-23+/t28-,29-,30-,31-,32+,35?/m0/s1. The van der Waals surface area contributed by atoms with Gasteiger partial charge < -0.3 is 34.6 Å². The number of rotatable bonds is 26. The number of aliphatic hydroxyl groups is 4. The van der Waals surface area contributed by atoms with E-state index < -0.39 is 36.7 Å². The van der Waals surface area contributed by atoms with Gasteiger partial charge in [-0.2, -0.15) is 0 Å². The molecule has 9 nitrogen and oxygen atoms in total. The van der Waals surface area contributed by atoms with E-state index in [1.54, 1.807) is 12.2 Å². The largest absolute Gasteiger partial charge is 0.463 e. The van der Waals surface area contributed by atoms with Gasteiger partial charge in [-0.1, -0.05) is 109 Å². The Balaban J connectivity index is 2.17. The van der Waals surface area contributed by atoms with E-state index in [9.17, 15) is 30.0 Å². The van der Waals surface area contributed by atoms with Crippen molar-refractivity contribution in [2.45, 2.75) is 167 Å². The van der Waals surface area contributed by atoms with Crippen molar-refractivity contribution >= 4 is 11.9 Å². The number of unbranched alkanes of at least 4 members (excludes halogenated alkanes) is 11. The Morgan fingerprint density at radius 2 is 1.36 bits per heavy atom. The lowest BCUT2D eigenvalue weighted by molar-refractivity contribution is -0.199. The molecule has 0 radical (unpaired) electrons. The summed E-state index contributed by atoms with van der Waals surface area (Å²) in [6.07, 6.45) is 20.1. The molecule has 0 aliphatic carbocycles. The van der Waals surface area contributed by atoms with Crippen LogP contribution in [0.25, 0.3) is 0 Å². The van der Waals surface area contributed by atoms with Crippen LogP contribution in [-0.4, -0.2) is 76.3 Å². The molecule has 0 aromatic heterocycles. The Morgan fingerprint density at radius 1 is 0.795 bits per heavy atom. The summed E-state index contributed by atoms with van der Waals surface area (Å²) in [6.45, 7) is 3.92. The quantitative estimate of drug-likeness (QED) is 0.0512. The third-order valence-electron chi connectivity index (χ3n) is 7.98. The number of allylic oxidation sites excluding steroid dienone is 2. The highest BCUT2D eigenvalue weighted by Crippen LogP contribution is 2.29. The average molecular weight is 627 g/mol. The summed E-state index contributed by atoms with van der Waals surface area (Å²) in [5.74, 6) is -1.01. The van der Waals surface area contributed by atoms with Crippen LogP contribution in [0, 0.1) is 5.92 Å². The number of aliphatic hydroxyl groups excluding tert-OH is 4. The first kappa shape index (κ1) is 40.2. The number of hydrogen-bond donors (Lipinski definition) is 4. The maximum atomic E-state index is 12.0. The lowest BCUT2D eigenvalue weighted by Gasteiger charge is -2.36. The minimum atomic E-state index is -1.05. The van der Waals surface area contributed by atoms with Crippen LogP contribution in [0.2, 0.25) is 0 Å². The molecule has 1 unspecified atom stereocenters. The summed E-state index contributed by atoms with van der Waals surface area (Å²) < 4.78 is 15.8. The van der Waals surface area contributed by atoms with Gasteiger partial charge in [0.1, 0.15) is 19.3 Å². The first-order chi connectivity index (χ1) is 21.3. The van der Waals surface area contributed by atoms with Crippen LogP contribution in [-0.2, 0) is 23.8 Å². The molecule has 9 heteroatoms. The molecule has 1 aliphatic rings. The van der Waals surface area contributed by atoms with E-state index in [1.807, 2.05) is 12.2 Å². The molecule has 6 atom stereocenters. The van der Waals surface area contributed by atoms with Crippen molar-refractivity contribution in [3.05, 3.63) is 24.3 Å². The zero-order valence-corrected chi connectivity index (χ0v) is 27.5. The maximum absolute atomic E-state index is 12.0. The molecule has 1 aliphatic heterocycles. The van der Waals surface area contributed by atoms with Crippen molar-refractivity contribution in [1.29, 1.82) is 0 Å². The zero-order chi connectivity index (χ0) is 32.4. The van der Waals surface area contributed by atoms with Crippen LogP contribution in [0.1, 0.15) is 136 Å². The molecule has 0 bridgehead atoms. The summed E-state index contributed by atoms with van der Waals surface area (Å²) in [5.41, 5.74) is 0. The van der Waals surface area contributed by atoms with Gasteiger partial charge in [-0.05, 0) is 32.1 Å². The van der Waals surface area contributed by atoms with Crippen LogP contribution in [0.4, 0.5) is 0 Å². The van der Waals surface area contributed by atoms with Gasteiger partial charge in [0.15, 0.2) is 6.29 Å². The summed E-state index contributed by atoms with van der Waals surface area (Å²) in [7, 11) is 0. The predicted octanol–water partition coefficient (Wildman–Crippen LogP) is 6.05. The van der Waals surface area contributed by atoms with Crippen molar-refractivity contribution in [3.63, 3.8) is 0 Å². The van der Waals surface area contributed by atoms with Crippen molar-refractivity contribution < 1.29 is 44.2 Å². The van der Waals surface area contributed by atoms with Gasteiger partial charge in [0.05, 0.1) is 18.3 Å². The van der Waals surface area contributed by atoms with E-state index in [0.29, 0.717) is 32.1 Å². The van der Waals surface area contributed by atoms with Crippen molar-refractivity contribution in [3.8, 4) is 0 Å². The third-order valence-corrected chi connectivity index (χ3v) is 7.98. The van der Waals surface area contributed by atoms with Gasteiger partial charge in [-0.25, -0.2) is 0 Å². The third kappa shape index (κ3) is 21.0. The Hall–Kier alpha value is -1.78. The molecule has 0 aromatic carbocycles. The fourth-order valence-corrected chi connectivity index (χ4v) is 5.24. The van der Waals surface area contributed by atoms with Gasteiger partial charge in [0, 0.05) is 25.2 Å². The second-order valence-corrected chi connectivity index (χ2v) is 12.2. The fourth-order valence-electron chi connectivity index (χ4n) is 5.24. The lowest BCUT2D eigenvalue weighted by atomic mass is 9.87. The Bertz CT molecular complexity index is 784. The zero-order valence-electron chi connectivity index (χ0n) is 27.5. The van der Waals surface area contributed by atoms with Crippen molar-refractivity contribution in [2.24, 2.45) is 5.92 Å². The molecule has 256 valence electrons. The van der Waals surface area contributed by atoms with E-state index in [2.05, 4.69) is 13.8 Å².